The second kappa shape index (κ2) is 6.90. The van der Waals surface area contributed by atoms with E-state index in [0.717, 1.165) is 12.0 Å². The molecule has 0 bridgehead atoms. The van der Waals surface area contributed by atoms with Crippen LogP contribution < -0.4 is 24.0 Å². The first kappa shape index (κ1) is 13.5. The van der Waals surface area contributed by atoms with Crippen molar-refractivity contribution in [2.24, 2.45) is 0 Å². The minimum Gasteiger partial charge on any atom is -0.849 e. The third-order valence-electron chi connectivity index (χ3n) is 2.09. The average molecular weight is 182 g/mol. The Hall–Kier alpha value is -0.483. The van der Waals surface area contributed by atoms with E-state index >= 15 is 0 Å². The first-order chi connectivity index (χ1) is 6.20. The van der Waals surface area contributed by atoms with Gasteiger partial charge in [0.1, 0.15) is 0 Å². The van der Waals surface area contributed by atoms with Gasteiger partial charge < -0.3 is 5.11 Å². The normalized spacial score (nSPS) is 11.6. The van der Waals surface area contributed by atoms with Crippen LogP contribution in [0.15, 0.2) is 42.5 Å². The fourth-order valence-corrected chi connectivity index (χ4v) is 1.19. The van der Waals surface area contributed by atoms with E-state index in [2.05, 4.69) is 6.58 Å². The summed E-state index contributed by atoms with van der Waals surface area (Å²) < 4.78 is 0. The summed E-state index contributed by atoms with van der Waals surface area (Å²) in [5.41, 5.74) is 1.96. The van der Waals surface area contributed by atoms with Gasteiger partial charge in [0.05, 0.1) is 0 Å². The summed E-state index contributed by atoms with van der Waals surface area (Å²) in [5.74, 6) is 0. The molecule has 0 aromatic heterocycles. The van der Waals surface area contributed by atoms with Gasteiger partial charge >= 0.3 is 18.9 Å². The van der Waals surface area contributed by atoms with Crippen LogP contribution in [0, 0.1) is 0 Å². The maximum absolute atomic E-state index is 11.3. The van der Waals surface area contributed by atoms with Crippen molar-refractivity contribution in [3.8, 4) is 0 Å². The summed E-state index contributed by atoms with van der Waals surface area (Å²) in [6.45, 7) is 5.45. The van der Waals surface area contributed by atoms with Gasteiger partial charge in [0.2, 0.25) is 0 Å². The monoisotopic (exact) mass is 182 g/mol. The molecule has 0 spiro atoms. The van der Waals surface area contributed by atoms with Gasteiger partial charge in [0.15, 0.2) is 0 Å². The van der Waals surface area contributed by atoms with E-state index in [4.69, 9.17) is 0 Å². The van der Waals surface area contributed by atoms with Crippen molar-refractivity contribution in [2.45, 2.75) is 25.9 Å². The van der Waals surface area contributed by atoms with Gasteiger partial charge in [0, 0.05) is 0 Å². The molecule has 1 aromatic carbocycles. The van der Waals surface area contributed by atoms with Gasteiger partial charge in [-0.15, -0.1) is 12.7 Å². The molecule has 14 heavy (non-hydrogen) atoms. The van der Waals surface area contributed by atoms with E-state index in [-0.39, 0.29) is 18.9 Å². The standard InChI is InChI=1S/C12H15O.Li/c1-10(2)12(13)9-8-11-6-4-3-5-7-11;/h3-7,12H,1,8-9H2,2H3;/q-1;+1. The summed E-state index contributed by atoms with van der Waals surface area (Å²) in [6, 6.07) is 10.1. The summed E-state index contributed by atoms with van der Waals surface area (Å²) in [4.78, 5) is 0. The molecule has 0 aliphatic rings. The number of hydrogen-bond donors (Lipinski definition) is 0. The van der Waals surface area contributed by atoms with Crippen LogP contribution in [-0.4, -0.2) is 6.10 Å². The molecule has 0 N–H and O–H groups in total. The topological polar surface area (TPSA) is 23.1 Å². The van der Waals surface area contributed by atoms with Crippen LogP contribution in [0.2, 0.25) is 0 Å². The van der Waals surface area contributed by atoms with E-state index in [1.54, 1.807) is 6.92 Å². The Morgan fingerprint density at radius 3 is 2.43 bits per heavy atom. The first-order valence-electron chi connectivity index (χ1n) is 4.55. The van der Waals surface area contributed by atoms with Crippen LogP contribution in [0.5, 0.6) is 0 Å². The molecule has 1 aromatic rings. The SMILES string of the molecule is C=C(C)C([O-])CCc1ccccc1.[Li+]. The fourth-order valence-electron chi connectivity index (χ4n) is 1.19. The number of hydrogen-bond acceptors (Lipinski definition) is 1. The van der Waals surface area contributed by atoms with Gasteiger partial charge in [-0.05, 0) is 18.9 Å². The Morgan fingerprint density at radius 1 is 1.36 bits per heavy atom. The molecule has 0 heterocycles. The second-order valence-corrected chi connectivity index (χ2v) is 3.36. The molecule has 1 atom stereocenters. The summed E-state index contributed by atoms with van der Waals surface area (Å²) >= 11 is 0. The molecule has 0 aliphatic heterocycles. The molecule has 0 amide bonds. The molecule has 0 radical (unpaired) electrons. The van der Waals surface area contributed by atoms with Crippen molar-refractivity contribution in [3.05, 3.63) is 48.0 Å². The molecule has 2 heteroatoms. The van der Waals surface area contributed by atoms with Crippen molar-refractivity contribution in [2.75, 3.05) is 0 Å². The minimum absolute atomic E-state index is 0. The maximum atomic E-state index is 11.3. The second-order valence-electron chi connectivity index (χ2n) is 3.36. The molecular formula is C12H15LiO. The molecule has 0 aliphatic carbocycles. The smallest absolute Gasteiger partial charge is 0.849 e. The van der Waals surface area contributed by atoms with E-state index in [1.807, 2.05) is 30.3 Å². The number of aryl methyl sites for hydroxylation is 1. The molecule has 1 nitrogen and oxygen atoms in total. The molecule has 70 valence electrons. The van der Waals surface area contributed by atoms with Crippen LogP contribution in [-0.2, 0) is 6.42 Å². The molecule has 0 saturated heterocycles. The third-order valence-corrected chi connectivity index (χ3v) is 2.09. The van der Waals surface area contributed by atoms with Crippen molar-refractivity contribution >= 4 is 0 Å². The van der Waals surface area contributed by atoms with Crippen molar-refractivity contribution in [1.29, 1.82) is 0 Å². The molecule has 0 fully saturated rings. The zero-order valence-electron chi connectivity index (χ0n) is 8.99. The van der Waals surface area contributed by atoms with E-state index in [9.17, 15) is 5.11 Å². The van der Waals surface area contributed by atoms with Gasteiger partial charge in [0.25, 0.3) is 0 Å². The van der Waals surface area contributed by atoms with Gasteiger partial charge in [-0.1, -0.05) is 42.3 Å². The van der Waals surface area contributed by atoms with Crippen LogP contribution in [0.1, 0.15) is 18.9 Å². The molecule has 0 saturated carbocycles. The van der Waals surface area contributed by atoms with Crippen LogP contribution >= 0.6 is 0 Å². The predicted octanol–water partition coefficient (Wildman–Crippen LogP) is -1.07. The zero-order chi connectivity index (χ0) is 9.68. The van der Waals surface area contributed by atoms with Gasteiger partial charge in [-0.3, -0.25) is 0 Å². The van der Waals surface area contributed by atoms with E-state index in [1.165, 1.54) is 5.56 Å². The van der Waals surface area contributed by atoms with Crippen LogP contribution in [0.25, 0.3) is 0 Å². The largest absolute Gasteiger partial charge is 1.00 e. The van der Waals surface area contributed by atoms with E-state index < -0.39 is 6.10 Å². The number of benzene rings is 1. The average Bonchev–Trinajstić information content (AvgIpc) is 2.15. The Balaban J connectivity index is 0.00000169. The van der Waals surface area contributed by atoms with Gasteiger partial charge in [-0.2, -0.15) is 0 Å². The van der Waals surface area contributed by atoms with Crippen molar-refractivity contribution < 1.29 is 24.0 Å². The first-order valence-corrected chi connectivity index (χ1v) is 4.55. The minimum atomic E-state index is -0.611. The van der Waals surface area contributed by atoms with E-state index in [0.29, 0.717) is 6.42 Å². The summed E-state index contributed by atoms with van der Waals surface area (Å²) in [7, 11) is 0. The Labute approximate surface area is 98.0 Å². The molecule has 1 unspecified atom stereocenters. The number of rotatable bonds is 4. The van der Waals surface area contributed by atoms with Crippen molar-refractivity contribution in [1.82, 2.24) is 0 Å². The quantitative estimate of drug-likeness (QED) is 0.429. The third kappa shape index (κ3) is 4.67. The Kier molecular flexibility index (Phi) is 6.66. The molecular weight excluding hydrogens is 167 g/mol. The summed E-state index contributed by atoms with van der Waals surface area (Å²) in [6.07, 6.45) is 0.890. The van der Waals surface area contributed by atoms with Gasteiger partial charge in [-0.25, -0.2) is 0 Å². The Bertz CT molecular complexity index is 269. The maximum Gasteiger partial charge on any atom is 1.00 e. The predicted molar refractivity (Wildman–Crippen MR) is 53.4 cm³/mol. The zero-order valence-corrected chi connectivity index (χ0v) is 8.99. The Morgan fingerprint density at radius 2 is 1.93 bits per heavy atom. The fraction of sp³-hybridized carbons (Fsp3) is 0.333. The van der Waals surface area contributed by atoms with Crippen LogP contribution in [0.4, 0.5) is 0 Å². The molecule has 1 rings (SSSR count). The van der Waals surface area contributed by atoms with Crippen LogP contribution in [0.3, 0.4) is 0 Å². The van der Waals surface area contributed by atoms with Crippen molar-refractivity contribution in [3.63, 3.8) is 0 Å². The summed E-state index contributed by atoms with van der Waals surface area (Å²) in [5, 5.41) is 11.3.